The largest absolute Gasteiger partial charge is 0.348 e. The Labute approximate surface area is 172 Å². The first-order valence-corrected chi connectivity index (χ1v) is 11.3. The van der Waals surface area contributed by atoms with E-state index in [1.54, 1.807) is 11.3 Å². The van der Waals surface area contributed by atoms with E-state index < -0.39 is 0 Å². The highest BCUT2D eigenvalue weighted by Gasteiger charge is 2.19. The second kappa shape index (κ2) is 8.45. The number of fused-ring (bicyclic) bond motifs is 1. The van der Waals surface area contributed by atoms with Crippen LogP contribution >= 0.6 is 23.1 Å². The fourth-order valence-corrected chi connectivity index (χ4v) is 5.09. The molecule has 1 aliphatic heterocycles. The number of carbonyl (C=O) groups is 1. The zero-order chi connectivity index (χ0) is 19.5. The lowest BCUT2D eigenvalue weighted by Crippen LogP contribution is -2.16. The Kier molecular flexibility index (Phi) is 5.77. The quantitative estimate of drug-likeness (QED) is 0.472. The SMILES string of the molecule is CC(C)c1ccc(NC(=O)CSc2ncnc3nc(N4CCCC4)sc23)cc1. The van der Waals surface area contributed by atoms with Crippen LogP contribution in [0, 0.1) is 0 Å². The number of thiazole rings is 1. The number of rotatable bonds is 6. The van der Waals surface area contributed by atoms with Gasteiger partial charge in [-0.2, -0.15) is 4.98 Å². The van der Waals surface area contributed by atoms with Crippen LogP contribution in [-0.4, -0.2) is 39.7 Å². The molecule has 4 rings (SSSR count). The molecule has 1 amide bonds. The predicted molar refractivity (Wildman–Crippen MR) is 117 cm³/mol. The van der Waals surface area contributed by atoms with Crippen LogP contribution in [0.1, 0.15) is 38.2 Å². The fraction of sp³-hybridized carbons (Fsp3) is 0.400. The molecule has 0 bridgehead atoms. The predicted octanol–water partition coefficient (Wildman–Crippen LogP) is 4.54. The van der Waals surface area contributed by atoms with Crippen LogP contribution in [-0.2, 0) is 4.79 Å². The van der Waals surface area contributed by atoms with E-state index in [0.717, 1.165) is 33.6 Å². The van der Waals surface area contributed by atoms with Crippen molar-refractivity contribution in [2.75, 3.05) is 29.1 Å². The van der Waals surface area contributed by atoms with Crippen molar-refractivity contribution in [2.45, 2.75) is 37.6 Å². The van der Waals surface area contributed by atoms with Gasteiger partial charge in [0.1, 0.15) is 16.1 Å². The van der Waals surface area contributed by atoms with E-state index in [1.165, 1.54) is 36.5 Å². The number of hydrogen-bond acceptors (Lipinski definition) is 7. The van der Waals surface area contributed by atoms with Crippen LogP contribution in [0.5, 0.6) is 0 Å². The van der Waals surface area contributed by atoms with E-state index in [9.17, 15) is 4.79 Å². The van der Waals surface area contributed by atoms with Crippen molar-refractivity contribution in [3.8, 4) is 0 Å². The molecule has 28 heavy (non-hydrogen) atoms. The zero-order valence-corrected chi connectivity index (χ0v) is 17.6. The molecular weight excluding hydrogens is 390 g/mol. The van der Waals surface area contributed by atoms with Gasteiger partial charge in [0.05, 0.1) is 5.75 Å². The van der Waals surface area contributed by atoms with Gasteiger partial charge in [0, 0.05) is 18.8 Å². The van der Waals surface area contributed by atoms with Crippen molar-refractivity contribution in [1.29, 1.82) is 0 Å². The Bertz CT molecular complexity index is 964. The summed E-state index contributed by atoms with van der Waals surface area (Å²) in [6.07, 6.45) is 3.95. The highest BCUT2D eigenvalue weighted by atomic mass is 32.2. The Hall–Kier alpha value is -2.19. The first-order chi connectivity index (χ1) is 13.6. The van der Waals surface area contributed by atoms with E-state index in [1.807, 2.05) is 12.1 Å². The third kappa shape index (κ3) is 4.28. The van der Waals surface area contributed by atoms with Gasteiger partial charge in [0.2, 0.25) is 5.91 Å². The number of nitrogens with one attached hydrogen (secondary N) is 1. The van der Waals surface area contributed by atoms with Crippen LogP contribution < -0.4 is 10.2 Å². The van der Waals surface area contributed by atoms with E-state index >= 15 is 0 Å². The number of thioether (sulfide) groups is 1. The van der Waals surface area contributed by atoms with Gasteiger partial charge < -0.3 is 10.2 Å². The standard InChI is InChI=1S/C20H23N5OS2/c1-13(2)14-5-7-15(8-6-14)23-16(26)11-27-19-17-18(21-12-22-19)24-20(28-17)25-9-3-4-10-25/h5-8,12-13H,3-4,9-11H2,1-2H3,(H,23,26). The number of aromatic nitrogens is 3. The molecule has 0 unspecified atom stereocenters. The third-order valence-electron chi connectivity index (χ3n) is 4.72. The summed E-state index contributed by atoms with van der Waals surface area (Å²) in [6.45, 7) is 6.41. The average molecular weight is 414 g/mol. The summed E-state index contributed by atoms with van der Waals surface area (Å²) in [7, 11) is 0. The monoisotopic (exact) mass is 413 g/mol. The number of nitrogens with zero attached hydrogens (tertiary/aromatic N) is 4. The summed E-state index contributed by atoms with van der Waals surface area (Å²) in [4.78, 5) is 28.0. The Morgan fingerprint density at radius 2 is 1.96 bits per heavy atom. The third-order valence-corrected chi connectivity index (χ3v) is 6.96. The lowest BCUT2D eigenvalue weighted by molar-refractivity contribution is -0.113. The van der Waals surface area contributed by atoms with Gasteiger partial charge in [-0.05, 0) is 36.5 Å². The van der Waals surface area contributed by atoms with Gasteiger partial charge in [-0.15, -0.1) is 0 Å². The number of benzene rings is 1. The summed E-state index contributed by atoms with van der Waals surface area (Å²) in [5, 5.41) is 4.77. The van der Waals surface area contributed by atoms with Crippen LogP contribution in [0.2, 0.25) is 0 Å². The number of carbonyl (C=O) groups excluding carboxylic acids is 1. The first-order valence-electron chi connectivity index (χ1n) is 9.49. The van der Waals surface area contributed by atoms with Gasteiger partial charge in [-0.1, -0.05) is 49.1 Å². The molecule has 6 nitrogen and oxygen atoms in total. The summed E-state index contributed by atoms with van der Waals surface area (Å²) in [6, 6.07) is 8.01. The average Bonchev–Trinajstić information content (AvgIpc) is 3.36. The molecule has 1 saturated heterocycles. The highest BCUT2D eigenvalue weighted by Crippen LogP contribution is 2.34. The molecule has 1 aromatic carbocycles. The second-order valence-electron chi connectivity index (χ2n) is 7.14. The Morgan fingerprint density at radius 3 is 2.68 bits per heavy atom. The smallest absolute Gasteiger partial charge is 0.234 e. The normalized spacial score (nSPS) is 14.2. The van der Waals surface area contributed by atoms with Crippen molar-refractivity contribution >= 4 is 50.2 Å². The van der Waals surface area contributed by atoms with E-state index in [2.05, 4.69) is 51.1 Å². The molecule has 2 aromatic heterocycles. The summed E-state index contributed by atoms with van der Waals surface area (Å²) >= 11 is 3.05. The molecule has 0 aliphatic carbocycles. The second-order valence-corrected chi connectivity index (χ2v) is 9.08. The maximum Gasteiger partial charge on any atom is 0.234 e. The van der Waals surface area contributed by atoms with Gasteiger partial charge in [-0.3, -0.25) is 4.79 Å². The molecule has 3 aromatic rings. The Balaban J connectivity index is 1.41. The Morgan fingerprint density at radius 1 is 1.21 bits per heavy atom. The highest BCUT2D eigenvalue weighted by molar-refractivity contribution is 8.00. The molecule has 8 heteroatoms. The summed E-state index contributed by atoms with van der Waals surface area (Å²) in [5.41, 5.74) is 2.79. The van der Waals surface area contributed by atoms with Crippen molar-refractivity contribution in [3.63, 3.8) is 0 Å². The molecule has 1 fully saturated rings. The molecular formula is C20H23N5OS2. The zero-order valence-electron chi connectivity index (χ0n) is 16.0. The fourth-order valence-electron chi connectivity index (χ4n) is 3.15. The van der Waals surface area contributed by atoms with Gasteiger partial charge in [0.15, 0.2) is 10.8 Å². The van der Waals surface area contributed by atoms with Crippen LogP contribution in [0.3, 0.4) is 0 Å². The lowest BCUT2D eigenvalue weighted by atomic mass is 10.0. The van der Waals surface area contributed by atoms with Crippen molar-refractivity contribution in [3.05, 3.63) is 36.2 Å². The van der Waals surface area contributed by atoms with Crippen LogP contribution in [0.4, 0.5) is 10.8 Å². The van der Waals surface area contributed by atoms with Crippen molar-refractivity contribution in [1.82, 2.24) is 15.0 Å². The molecule has 3 heterocycles. The van der Waals surface area contributed by atoms with Crippen LogP contribution in [0.25, 0.3) is 10.3 Å². The van der Waals surface area contributed by atoms with Gasteiger partial charge in [-0.25, -0.2) is 9.97 Å². The minimum absolute atomic E-state index is 0.0432. The minimum Gasteiger partial charge on any atom is -0.348 e. The van der Waals surface area contributed by atoms with Gasteiger partial charge in [0.25, 0.3) is 0 Å². The number of amides is 1. The number of anilines is 2. The molecule has 146 valence electrons. The first kappa shape index (κ1) is 19.1. The van der Waals surface area contributed by atoms with Crippen molar-refractivity contribution in [2.24, 2.45) is 0 Å². The molecule has 0 radical (unpaired) electrons. The van der Waals surface area contributed by atoms with Gasteiger partial charge >= 0.3 is 0 Å². The van der Waals surface area contributed by atoms with E-state index in [-0.39, 0.29) is 5.91 Å². The maximum absolute atomic E-state index is 12.4. The maximum atomic E-state index is 12.4. The van der Waals surface area contributed by atoms with E-state index in [0.29, 0.717) is 17.3 Å². The molecule has 1 N–H and O–H groups in total. The minimum atomic E-state index is -0.0432. The molecule has 0 atom stereocenters. The number of hydrogen-bond donors (Lipinski definition) is 1. The summed E-state index contributed by atoms with van der Waals surface area (Å²) in [5.74, 6) is 0.735. The molecule has 0 spiro atoms. The lowest BCUT2D eigenvalue weighted by Gasteiger charge is -2.11. The topological polar surface area (TPSA) is 71.0 Å². The van der Waals surface area contributed by atoms with Crippen molar-refractivity contribution < 1.29 is 4.79 Å². The molecule has 0 saturated carbocycles. The van der Waals surface area contributed by atoms with E-state index in [4.69, 9.17) is 0 Å². The van der Waals surface area contributed by atoms with Crippen LogP contribution in [0.15, 0.2) is 35.6 Å². The summed E-state index contributed by atoms with van der Waals surface area (Å²) < 4.78 is 0.962. The molecule has 1 aliphatic rings.